The Morgan fingerprint density at radius 2 is 1.80 bits per heavy atom. The molecule has 2 aromatic heterocycles. The lowest BCUT2D eigenvalue weighted by molar-refractivity contribution is 0.627. The molecule has 6 heteroatoms. The summed E-state index contributed by atoms with van der Waals surface area (Å²) in [7, 11) is 0. The van der Waals surface area contributed by atoms with E-state index < -0.39 is 0 Å². The zero-order chi connectivity index (χ0) is 19.7. The smallest absolute Gasteiger partial charge is 0.228 e. The maximum absolute atomic E-state index is 5.06. The van der Waals surface area contributed by atoms with E-state index in [0.717, 1.165) is 66.1 Å². The Bertz CT molecular complexity index is 1270. The fourth-order valence-electron chi connectivity index (χ4n) is 5.10. The van der Waals surface area contributed by atoms with E-state index in [1.807, 2.05) is 6.20 Å². The summed E-state index contributed by atoms with van der Waals surface area (Å²) in [4.78, 5) is 12.4. The van der Waals surface area contributed by atoms with E-state index in [9.17, 15) is 0 Å². The predicted molar refractivity (Wildman–Crippen MR) is 117 cm³/mol. The molecule has 1 fully saturated rings. The van der Waals surface area contributed by atoms with Gasteiger partial charge in [0.1, 0.15) is 5.82 Å². The minimum absolute atomic E-state index is 0.819. The molecule has 4 aromatic rings. The number of benzene rings is 2. The normalized spacial score (nSPS) is 21.3. The maximum Gasteiger partial charge on any atom is 0.228 e. The number of aromatic nitrogens is 4. The van der Waals surface area contributed by atoms with Crippen LogP contribution in [0.1, 0.15) is 28.8 Å². The Labute approximate surface area is 174 Å². The highest BCUT2D eigenvalue weighted by atomic mass is 15.3. The van der Waals surface area contributed by atoms with Crippen LogP contribution in [0, 0.1) is 11.8 Å². The molecule has 2 unspecified atom stereocenters. The summed E-state index contributed by atoms with van der Waals surface area (Å²) in [6.45, 7) is 1.75. The third-order valence-electron chi connectivity index (χ3n) is 6.90. The van der Waals surface area contributed by atoms with Crippen LogP contribution in [-0.4, -0.2) is 20.2 Å². The van der Waals surface area contributed by atoms with Gasteiger partial charge in [-0.05, 0) is 60.4 Å². The number of H-pyrrole nitrogens is 1. The number of hydrogen-bond donors (Lipinski definition) is 2. The highest BCUT2D eigenvalue weighted by Crippen LogP contribution is 2.49. The molecule has 0 bridgehead atoms. The van der Waals surface area contributed by atoms with Gasteiger partial charge in [0.05, 0.1) is 17.4 Å². The average molecular weight is 394 g/mol. The molecular formula is C24H22N6. The molecule has 7 rings (SSSR count). The van der Waals surface area contributed by atoms with Gasteiger partial charge in [-0.25, -0.2) is 4.98 Å². The summed E-state index contributed by atoms with van der Waals surface area (Å²) in [6, 6.07) is 14.9. The molecule has 6 nitrogen and oxygen atoms in total. The van der Waals surface area contributed by atoms with E-state index in [1.165, 1.54) is 28.8 Å². The summed E-state index contributed by atoms with van der Waals surface area (Å²) in [5.74, 6) is 3.46. The van der Waals surface area contributed by atoms with E-state index in [-0.39, 0.29) is 0 Å². The fraction of sp³-hybridized carbons (Fsp3) is 0.292. The topological polar surface area (TPSA) is 69.7 Å². The van der Waals surface area contributed by atoms with Crippen molar-refractivity contribution in [3.05, 3.63) is 71.0 Å². The van der Waals surface area contributed by atoms with Crippen LogP contribution in [0.2, 0.25) is 0 Å². The summed E-state index contributed by atoms with van der Waals surface area (Å²) in [5.41, 5.74) is 7.38. The van der Waals surface area contributed by atoms with E-state index in [4.69, 9.17) is 9.97 Å². The van der Waals surface area contributed by atoms with Crippen LogP contribution in [0.5, 0.6) is 0 Å². The van der Waals surface area contributed by atoms with Crippen LogP contribution in [0.25, 0.3) is 10.9 Å². The SMILES string of the molecule is c1ccc2c(c1)CN(c1nc3c(c(Nc4ccc5[nH]ncc5c4)n1)CC1CC1C3)C2. The third kappa shape index (κ3) is 2.60. The monoisotopic (exact) mass is 394 g/mol. The first-order chi connectivity index (χ1) is 14.8. The molecule has 30 heavy (non-hydrogen) atoms. The number of hydrogen-bond acceptors (Lipinski definition) is 5. The molecule has 3 heterocycles. The number of aromatic amines is 1. The van der Waals surface area contributed by atoms with Gasteiger partial charge in [-0.1, -0.05) is 24.3 Å². The Balaban J connectivity index is 1.28. The van der Waals surface area contributed by atoms with Crippen molar-refractivity contribution in [3.8, 4) is 0 Å². The molecule has 148 valence electrons. The van der Waals surface area contributed by atoms with Gasteiger partial charge in [0.2, 0.25) is 5.95 Å². The first-order valence-corrected chi connectivity index (χ1v) is 10.7. The van der Waals surface area contributed by atoms with Crippen molar-refractivity contribution >= 4 is 28.4 Å². The van der Waals surface area contributed by atoms with Crippen molar-refractivity contribution < 1.29 is 0 Å². The molecule has 1 saturated carbocycles. The van der Waals surface area contributed by atoms with Crippen molar-refractivity contribution in [3.63, 3.8) is 0 Å². The van der Waals surface area contributed by atoms with E-state index in [0.29, 0.717) is 0 Å². The quantitative estimate of drug-likeness (QED) is 0.541. The molecule has 0 radical (unpaired) electrons. The van der Waals surface area contributed by atoms with Crippen LogP contribution in [0.15, 0.2) is 48.7 Å². The Morgan fingerprint density at radius 1 is 0.967 bits per heavy atom. The Hall–Kier alpha value is -3.41. The molecule has 0 spiro atoms. The van der Waals surface area contributed by atoms with Gasteiger partial charge in [-0.2, -0.15) is 10.1 Å². The molecule has 0 amide bonds. The summed E-state index contributed by atoms with van der Waals surface area (Å²) >= 11 is 0. The average Bonchev–Trinajstić information content (AvgIpc) is 3.17. The lowest BCUT2D eigenvalue weighted by Gasteiger charge is -2.23. The number of nitrogens with one attached hydrogen (secondary N) is 2. The van der Waals surface area contributed by atoms with Gasteiger partial charge in [0.15, 0.2) is 0 Å². The van der Waals surface area contributed by atoms with Crippen molar-refractivity contribution in [1.29, 1.82) is 0 Å². The summed E-state index contributed by atoms with van der Waals surface area (Å²) in [5, 5.41) is 11.9. The minimum atomic E-state index is 0.819. The zero-order valence-electron chi connectivity index (χ0n) is 16.6. The van der Waals surface area contributed by atoms with Gasteiger partial charge in [-0.3, -0.25) is 5.10 Å². The molecule has 3 aliphatic rings. The number of nitrogens with zero attached hydrogens (tertiary/aromatic N) is 4. The second-order valence-electron chi connectivity index (χ2n) is 8.88. The van der Waals surface area contributed by atoms with Crippen molar-refractivity contribution in [2.75, 3.05) is 10.2 Å². The highest BCUT2D eigenvalue weighted by molar-refractivity contribution is 5.83. The largest absolute Gasteiger partial charge is 0.340 e. The highest BCUT2D eigenvalue weighted by Gasteiger charge is 2.43. The van der Waals surface area contributed by atoms with Crippen LogP contribution >= 0.6 is 0 Å². The fourth-order valence-corrected chi connectivity index (χ4v) is 5.10. The maximum atomic E-state index is 5.06. The molecule has 2 N–H and O–H groups in total. The lowest BCUT2D eigenvalue weighted by Crippen LogP contribution is -2.21. The standard InChI is InChI=1S/C24H22N6/c1-2-4-15-13-30(12-14(15)3-1)24-27-22-10-17-7-16(17)9-20(22)23(28-24)26-19-5-6-21-18(8-19)11-25-29-21/h1-6,8,11,16-17H,7,9-10,12-13H2,(H,25,29)(H,26,27,28). The number of fused-ring (bicyclic) bond motifs is 4. The van der Waals surface area contributed by atoms with Gasteiger partial charge in [0, 0.05) is 29.7 Å². The Kier molecular flexibility index (Phi) is 3.30. The van der Waals surface area contributed by atoms with Crippen molar-refractivity contribution in [1.82, 2.24) is 20.2 Å². The third-order valence-corrected chi connectivity index (χ3v) is 6.90. The second-order valence-corrected chi connectivity index (χ2v) is 8.88. The summed E-state index contributed by atoms with van der Waals surface area (Å²) in [6.07, 6.45) is 5.38. The molecule has 1 aliphatic heterocycles. The Morgan fingerprint density at radius 3 is 2.67 bits per heavy atom. The number of rotatable bonds is 3. The lowest BCUT2D eigenvalue weighted by atomic mass is 9.96. The first kappa shape index (κ1) is 16.4. The van der Waals surface area contributed by atoms with Gasteiger partial charge in [-0.15, -0.1) is 0 Å². The predicted octanol–water partition coefficient (Wildman–Crippen LogP) is 4.35. The minimum Gasteiger partial charge on any atom is -0.340 e. The zero-order valence-corrected chi connectivity index (χ0v) is 16.6. The summed E-state index contributed by atoms with van der Waals surface area (Å²) < 4.78 is 0. The molecule has 2 atom stereocenters. The molecule has 2 aliphatic carbocycles. The molecule has 2 aromatic carbocycles. The number of anilines is 3. The van der Waals surface area contributed by atoms with Crippen molar-refractivity contribution in [2.24, 2.45) is 11.8 Å². The van der Waals surface area contributed by atoms with Crippen molar-refractivity contribution in [2.45, 2.75) is 32.4 Å². The van der Waals surface area contributed by atoms with E-state index >= 15 is 0 Å². The first-order valence-electron chi connectivity index (χ1n) is 10.7. The van der Waals surface area contributed by atoms with Crippen LogP contribution in [0.3, 0.4) is 0 Å². The second kappa shape index (κ2) is 6.05. The molecule has 0 saturated heterocycles. The van der Waals surface area contributed by atoms with Crippen LogP contribution in [0.4, 0.5) is 17.5 Å². The van der Waals surface area contributed by atoms with E-state index in [2.05, 4.69) is 62.9 Å². The van der Waals surface area contributed by atoms with Gasteiger partial charge >= 0.3 is 0 Å². The van der Waals surface area contributed by atoms with Crippen LogP contribution < -0.4 is 10.2 Å². The van der Waals surface area contributed by atoms with Gasteiger partial charge < -0.3 is 10.2 Å². The van der Waals surface area contributed by atoms with Crippen LogP contribution in [-0.2, 0) is 25.9 Å². The molecular weight excluding hydrogens is 372 g/mol. The van der Waals surface area contributed by atoms with Gasteiger partial charge in [0.25, 0.3) is 0 Å². The van der Waals surface area contributed by atoms with E-state index in [1.54, 1.807) is 0 Å².